The lowest BCUT2D eigenvalue weighted by Gasteiger charge is -2.05. The van der Waals surface area contributed by atoms with Gasteiger partial charge in [-0.3, -0.25) is 4.68 Å². The molecule has 2 aromatic rings. The van der Waals surface area contributed by atoms with E-state index in [0.29, 0.717) is 5.56 Å². The fourth-order valence-electron chi connectivity index (χ4n) is 1.73. The Morgan fingerprint density at radius 1 is 1.29 bits per heavy atom. The monoisotopic (exact) mass is 233 g/mol. The van der Waals surface area contributed by atoms with Crippen molar-refractivity contribution in [2.75, 3.05) is 0 Å². The third-order valence-corrected chi connectivity index (χ3v) is 2.64. The first-order valence-electron chi connectivity index (χ1n) is 5.58. The summed E-state index contributed by atoms with van der Waals surface area (Å²) < 4.78 is 14.8. The molecule has 17 heavy (non-hydrogen) atoms. The number of rotatable bonds is 4. The minimum Gasteiger partial charge on any atom is -0.309 e. The van der Waals surface area contributed by atoms with Gasteiger partial charge in [0, 0.05) is 31.9 Å². The molecule has 0 radical (unpaired) electrons. The van der Waals surface area contributed by atoms with Crippen LogP contribution in [0.15, 0.2) is 30.6 Å². The van der Waals surface area contributed by atoms with Gasteiger partial charge in [0.05, 0.1) is 6.20 Å². The molecule has 0 saturated carbocycles. The number of hydrogen-bond donors (Lipinski definition) is 1. The van der Waals surface area contributed by atoms with Crippen molar-refractivity contribution in [3.05, 3.63) is 53.1 Å². The summed E-state index contributed by atoms with van der Waals surface area (Å²) in [5.74, 6) is -0.152. The largest absolute Gasteiger partial charge is 0.309 e. The zero-order valence-corrected chi connectivity index (χ0v) is 10.1. The normalized spacial score (nSPS) is 10.8. The van der Waals surface area contributed by atoms with Gasteiger partial charge < -0.3 is 5.32 Å². The van der Waals surface area contributed by atoms with Crippen molar-refractivity contribution in [2.24, 2.45) is 7.05 Å². The highest BCUT2D eigenvalue weighted by atomic mass is 19.1. The molecule has 90 valence electrons. The Bertz CT molecular complexity index is 505. The topological polar surface area (TPSA) is 29.9 Å². The van der Waals surface area contributed by atoms with E-state index in [1.165, 1.54) is 6.07 Å². The number of aromatic nitrogens is 2. The van der Waals surface area contributed by atoms with Crippen molar-refractivity contribution < 1.29 is 4.39 Å². The van der Waals surface area contributed by atoms with Crippen LogP contribution in [0.4, 0.5) is 4.39 Å². The summed E-state index contributed by atoms with van der Waals surface area (Å²) in [6, 6.07) is 5.18. The highest BCUT2D eigenvalue weighted by molar-refractivity contribution is 5.23. The van der Waals surface area contributed by atoms with Crippen LogP contribution >= 0.6 is 0 Å². The van der Waals surface area contributed by atoms with Crippen LogP contribution in [0.2, 0.25) is 0 Å². The Labute approximate surface area is 100 Å². The Kier molecular flexibility index (Phi) is 3.54. The second-order valence-electron chi connectivity index (χ2n) is 4.21. The van der Waals surface area contributed by atoms with E-state index in [-0.39, 0.29) is 5.82 Å². The third kappa shape index (κ3) is 3.14. The molecule has 0 fully saturated rings. The Morgan fingerprint density at radius 2 is 2.06 bits per heavy atom. The van der Waals surface area contributed by atoms with E-state index < -0.39 is 0 Å². The summed E-state index contributed by atoms with van der Waals surface area (Å²) in [5, 5.41) is 7.40. The van der Waals surface area contributed by atoms with E-state index in [1.54, 1.807) is 17.7 Å². The number of nitrogens with zero attached hydrogens (tertiary/aromatic N) is 2. The lowest BCUT2D eigenvalue weighted by molar-refractivity contribution is 0.615. The fourth-order valence-corrected chi connectivity index (χ4v) is 1.73. The van der Waals surface area contributed by atoms with E-state index in [4.69, 9.17) is 0 Å². The third-order valence-electron chi connectivity index (χ3n) is 2.64. The maximum Gasteiger partial charge on any atom is 0.126 e. The average Bonchev–Trinajstić information content (AvgIpc) is 2.70. The Balaban J connectivity index is 1.87. The summed E-state index contributed by atoms with van der Waals surface area (Å²) in [4.78, 5) is 0. The molecule has 0 bridgehead atoms. The highest BCUT2D eigenvalue weighted by Gasteiger charge is 1.99. The number of halogens is 1. The fraction of sp³-hybridized carbons (Fsp3) is 0.308. The lowest BCUT2D eigenvalue weighted by Crippen LogP contribution is -2.12. The van der Waals surface area contributed by atoms with Gasteiger partial charge >= 0.3 is 0 Å². The van der Waals surface area contributed by atoms with Gasteiger partial charge in [0.15, 0.2) is 0 Å². The quantitative estimate of drug-likeness (QED) is 0.877. The first-order valence-corrected chi connectivity index (χ1v) is 5.58. The molecule has 0 unspecified atom stereocenters. The summed E-state index contributed by atoms with van der Waals surface area (Å²) in [6.45, 7) is 3.28. The number of aryl methyl sites for hydroxylation is 2. The first kappa shape index (κ1) is 11.8. The predicted octanol–water partition coefficient (Wildman–Crippen LogP) is 2.16. The van der Waals surface area contributed by atoms with Crippen molar-refractivity contribution in [3.63, 3.8) is 0 Å². The summed E-state index contributed by atoms with van der Waals surface area (Å²) in [6.07, 6.45) is 3.81. The lowest BCUT2D eigenvalue weighted by atomic mass is 10.1. The van der Waals surface area contributed by atoms with E-state index >= 15 is 0 Å². The second kappa shape index (κ2) is 5.10. The van der Waals surface area contributed by atoms with Crippen molar-refractivity contribution in [3.8, 4) is 0 Å². The molecule has 0 aliphatic heterocycles. The van der Waals surface area contributed by atoms with Crippen molar-refractivity contribution >= 4 is 0 Å². The van der Waals surface area contributed by atoms with E-state index in [0.717, 1.165) is 24.2 Å². The number of hydrogen-bond acceptors (Lipinski definition) is 2. The summed E-state index contributed by atoms with van der Waals surface area (Å²) in [7, 11) is 1.90. The van der Waals surface area contributed by atoms with Gasteiger partial charge in [0.2, 0.25) is 0 Å². The van der Waals surface area contributed by atoms with E-state index in [2.05, 4.69) is 10.4 Å². The van der Waals surface area contributed by atoms with Crippen molar-refractivity contribution in [1.29, 1.82) is 0 Å². The zero-order valence-electron chi connectivity index (χ0n) is 10.1. The Hall–Kier alpha value is -1.68. The number of benzene rings is 1. The molecule has 0 spiro atoms. The van der Waals surface area contributed by atoms with Gasteiger partial charge in [-0.15, -0.1) is 0 Å². The summed E-state index contributed by atoms with van der Waals surface area (Å²) >= 11 is 0. The van der Waals surface area contributed by atoms with Gasteiger partial charge in [0.1, 0.15) is 5.82 Å². The Morgan fingerprint density at radius 3 is 2.71 bits per heavy atom. The number of nitrogens with one attached hydrogen (secondary N) is 1. The molecule has 1 aromatic carbocycles. The molecule has 0 atom stereocenters. The second-order valence-corrected chi connectivity index (χ2v) is 4.21. The predicted molar refractivity (Wildman–Crippen MR) is 64.9 cm³/mol. The standard InChI is InChI=1S/C13H16FN3/c1-10-5-11(3-4-13(10)14)6-15-7-12-8-16-17(2)9-12/h3-5,8-9,15H,6-7H2,1-2H3. The molecule has 0 saturated heterocycles. The van der Waals surface area contributed by atoms with Crippen molar-refractivity contribution in [1.82, 2.24) is 15.1 Å². The minimum absolute atomic E-state index is 0.152. The molecule has 0 amide bonds. The van der Waals surface area contributed by atoms with Gasteiger partial charge in [-0.1, -0.05) is 12.1 Å². The van der Waals surface area contributed by atoms with Crippen LogP contribution in [0, 0.1) is 12.7 Å². The average molecular weight is 233 g/mol. The molecule has 2 rings (SSSR count). The van der Waals surface area contributed by atoms with E-state index in [1.807, 2.05) is 25.5 Å². The molecule has 3 nitrogen and oxygen atoms in total. The van der Waals surface area contributed by atoms with Crippen LogP contribution in [0.1, 0.15) is 16.7 Å². The molecule has 4 heteroatoms. The highest BCUT2D eigenvalue weighted by Crippen LogP contribution is 2.09. The molecule has 1 aromatic heterocycles. The maximum atomic E-state index is 13.1. The SMILES string of the molecule is Cc1cc(CNCc2cnn(C)c2)ccc1F. The van der Waals surface area contributed by atoms with E-state index in [9.17, 15) is 4.39 Å². The van der Waals surface area contributed by atoms with Crippen LogP contribution < -0.4 is 5.32 Å². The molecule has 0 aliphatic rings. The minimum atomic E-state index is -0.152. The molecule has 1 heterocycles. The van der Waals surface area contributed by atoms with Gasteiger partial charge in [-0.2, -0.15) is 5.10 Å². The van der Waals surface area contributed by atoms with Gasteiger partial charge in [-0.25, -0.2) is 4.39 Å². The van der Waals surface area contributed by atoms with Gasteiger partial charge in [-0.05, 0) is 24.1 Å². The van der Waals surface area contributed by atoms with Crippen molar-refractivity contribution in [2.45, 2.75) is 20.0 Å². The molecule has 0 aliphatic carbocycles. The molecular formula is C13H16FN3. The molecular weight excluding hydrogens is 217 g/mol. The van der Waals surface area contributed by atoms with Crippen LogP contribution in [-0.2, 0) is 20.1 Å². The van der Waals surface area contributed by atoms with Crippen LogP contribution in [0.5, 0.6) is 0 Å². The smallest absolute Gasteiger partial charge is 0.126 e. The summed E-state index contributed by atoms with van der Waals surface area (Å²) in [5.41, 5.74) is 2.92. The maximum absolute atomic E-state index is 13.1. The van der Waals surface area contributed by atoms with Crippen LogP contribution in [-0.4, -0.2) is 9.78 Å². The first-order chi connectivity index (χ1) is 8.15. The van der Waals surface area contributed by atoms with Gasteiger partial charge in [0.25, 0.3) is 0 Å². The molecule has 1 N–H and O–H groups in total. The van der Waals surface area contributed by atoms with Crippen LogP contribution in [0.25, 0.3) is 0 Å². The zero-order chi connectivity index (χ0) is 12.3. The van der Waals surface area contributed by atoms with Crippen LogP contribution in [0.3, 0.4) is 0 Å².